The molecule has 0 fully saturated rings. The van der Waals surface area contributed by atoms with E-state index in [1.165, 1.54) is 0 Å². The predicted molar refractivity (Wildman–Crippen MR) is 107 cm³/mol. The molecule has 28 heavy (non-hydrogen) atoms. The number of rotatable bonds is 7. The second-order valence-electron chi connectivity index (χ2n) is 6.24. The number of nitrogens with one attached hydrogen (secondary N) is 1. The smallest absolute Gasteiger partial charge is 0.227 e. The summed E-state index contributed by atoms with van der Waals surface area (Å²) in [5, 5.41) is 6.48. The minimum Gasteiger partial charge on any atom is -0.339 e. The van der Waals surface area contributed by atoms with Gasteiger partial charge in [-0.05, 0) is 37.3 Å². The molecule has 0 aliphatic rings. The molecule has 146 valence electrons. The molecule has 0 unspecified atom stereocenters. The van der Waals surface area contributed by atoms with Crippen molar-refractivity contribution in [2.45, 2.75) is 30.4 Å². The minimum absolute atomic E-state index is 0.0722. The van der Waals surface area contributed by atoms with Crippen molar-refractivity contribution in [3.05, 3.63) is 70.3 Å². The number of carbonyl (C=O) groups is 1. The number of carbonyl (C=O) groups excluding carboxylic acids is 1. The summed E-state index contributed by atoms with van der Waals surface area (Å²) >= 11 is 3.34. The number of sulfone groups is 1. The molecule has 2 aromatic carbocycles. The van der Waals surface area contributed by atoms with Gasteiger partial charge in [0.15, 0.2) is 15.7 Å². The topological polar surface area (TPSA) is 102 Å². The molecule has 0 saturated carbocycles. The molecule has 1 aromatic heterocycles. The third-order valence-electron chi connectivity index (χ3n) is 3.88. The Bertz CT molecular complexity index is 1080. The van der Waals surface area contributed by atoms with Gasteiger partial charge < -0.3 is 9.84 Å². The van der Waals surface area contributed by atoms with Crippen LogP contribution in [0.1, 0.15) is 23.7 Å². The summed E-state index contributed by atoms with van der Waals surface area (Å²) < 4.78 is 30.8. The summed E-state index contributed by atoms with van der Waals surface area (Å²) in [6, 6.07) is 13.8. The SMILES string of the molecule is Cc1ccc(S(=O)(=O)Cc2noc(CCC(=O)Nc3cccc(Br)c3)n2)cc1. The first kappa shape index (κ1) is 20.2. The van der Waals surface area contributed by atoms with E-state index in [9.17, 15) is 13.2 Å². The zero-order valence-electron chi connectivity index (χ0n) is 15.1. The van der Waals surface area contributed by atoms with E-state index in [0.29, 0.717) is 5.69 Å². The van der Waals surface area contributed by atoms with E-state index in [1.807, 2.05) is 19.1 Å². The van der Waals surface area contributed by atoms with Gasteiger partial charge in [-0.1, -0.05) is 44.8 Å². The van der Waals surface area contributed by atoms with Crippen LogP contribution in [0.2, 0.25) is 0 Å². The monoisotopic (exact) mass is 463 g/mol. The number of hydrogen-bond donors (Lipinski definition) is 1. The predicted octanol–water partition coefficient (Wildman–Crippen LogP) is 3.69. The van der Waals surface area contributed by atoms with Gasteiger partial charge in [-0.15, -0.1) is 0 Å². The molecule has 9 heteroatoms. The van der Waals surface area contributed by atoms with E-state index < -0.39 is 9.84 Å². The lowest BCUT2D eigenvalue weighted by Gasteiger charge is -2.04. The molecular formula is C19H18BrN3O4S. The second-order valence-corrected chi connectivity index (χ2v) is 9.14. The number of anilines is 1. The van der Waals surface area contributed by atoms with Crippen LogP contribution in [0.25, 0.3) is 0 Å². The van der Waals surface area contributed by atoms with E-state index in [0.717, 1.165) is 10.0 Å². The molecule has 0 spiro atoms. The largest absolute Gasteiger partial charge is 0.339 e. The van der Waals surface area contributed by atoms with E-state index in [4.69, 9.17) is 4.52 Å². The zero-order chi connectivity index (χ0) is 20.1. The average Bonchev–Trinajstić information content (AvgIpc) is 3.07. The van der Waals surface area contributed by atoms with Gasteiger partial charge >= 0.3 is 0 Å². The van der Waals surface area contributed by atoms with Crippen LogP contribution in [0, 0.1) is 6.92 Å². The van der Waals surface area contributed by atoms with Crippen molar-refractivity contribution in [3.8, 4) is 0 Å². The Balaban J connectivity index is 1.56. The number of benzene rings is 2. The van der Waals surface area contributed by atoms with Gasteiger partial charge in [0.2, 0.25) is 11.8 Å². The van der Waals surface area contributed by atoms with Crippen molar-refractivity contribution in [2.24, 2.45) is 0 Å². The zero-order valence-corrected chi connectivity index (χ0v) is 17.5. The number of aryl methyl sites for hydroxylation is 2. The van der Waals surface area contributed by atoms with E-state index in [2.05, 4.69) is 31.4 Å². The Labute approximate surface area is 171 Å². The molecule has 0 radical (unpaired) electrons. The molecule has 0 atom stereocenters. The van der Waals surface area contributed by atoms with E-state index >= 15 is 0 Å². The van der Waals surface area contributed by atoms with Gasteiger partial charge in [-0.2, -0.15) is 4.98 Å². The number of nitrogens with zero attached hydrogens (tertiary/aromatic N) is 2. The summed E-state index contributed by atoms with van der Waals surface area (Å²) in [6.45, 7) is 1.88. The summed E-state index contributed by atoms with van der Waals surface area (Å²) in [5.74, 6) is -0.268. The van der Waals surface area contributed by atoms with Gasteiger partial charge in [0.1, 0.15) is 5.75 Å². The summed E-state index contributed by atoms with van der Waals surface area (Å²) in [6.07, 6.45) is 0.357. The molecule has 0 saturated heterocycles. The summed E-state index contributed by atoms with van der Waals surface area (Å²) in [5.41, 5.74) is 1.65. The maximum Gasteiger partial charge on any atom is 0.227 e. The first-order chi connectivity index (χ1) is 13.3. The van der Waals surface area contributed by atoms with E-state index in [-0.39, 0.29) is 41.1 Å². The number of amides is 1. The molecule has 3 rings (SSSR count). The molecule has 3 aromatic rings. The Morgan fingerprint density at radius 2 is 1.93 bits per heavy atom. The van der Waals surface area contributed by atoms with Gasteiger partial charge in [0, 0.05) is 23.0 Å². The highest BCUT2D eigenvalue weighted by Crippen LogP contribution is 2.17. The standard InChI is InChI=1S/C19H18BrN3O4S/c1-13-5-7-16(8-6-13)28(25,26)12-17-22-19(27-23-17)10-9-18(24)21-15-4-2-3-14(20)11-15/h2-8,11H,9-10,12H2,1H3,(H,21,24). The van der Waals surface area contributed by atoms with Crippen LogP contribution in [0.15, 0.2) is 62.4 Å². The lowest BCUT2D eigenvalue weighted by atomic mass is 10.2. The highest BCUT2D eigenvalue weighted by Gasteiger charge is 2.19. The molecule has 0 aliphatic carbocycles. The van der Waals surface area contributed by atoms with Gasteiger partial charge in [-0.25, -0.2) is 8.42 Å². The highest BCUT2D eigenvalue weighted by molar-refractivity contribution is 9.10. The highest BCUT2D eigenvalue weighted by atomic mass is 79.9. The van der Waals surface area contributed by atoms with Crippen LogP contribution >= 0.6 is 15.9 Å². The normalized spacial score (nSPS) is 11.4. The van der Waals surface area contributed by atoms with Crippen LogP contribution in [-0.2, 0) is 26.8 Å². The maximum atomic E-state index is 12.4. The van der Waals surface area contributed by atoms with Crippen LogP contribution in [0.4, 0.5) is 5.69 Å². The molecule has 1 heterocycles. The average molecular weight is 464 g/mol. The van der Waals surface area contributed by atoms with Crippen LogP contribution in [0.5, 0.6) is 0 Å². The Morgan fingerprint density at radius 3 is 2.64 bits per heavy atom. The van der Waals surface area contributed by atoms with Gasteiger partial charge in [-0.3, -0.25) is 4.79 Å². The van der Waals surface area contributed by atoms with Crippen molar-refractivity contribution in [1.82, 2.24) is 10.1 Å². The molecule has 1 N–H and O–H groups in total. The third-order valence-corrected chi connectivity index (χ3v) is 6.01. The van der Waals surface area contributed by atoms with E-state index in [1.54, 1.807) is 36.4 Å². The Kier molecular flexibility index (Phi) is 6.25. The molecule has 0 bridgehead atoms. The first-order valence-corrected chi connectivity index (χ1v) is 10.9. The van der Waals surface area contributed by atoms with Crippen molar-refractivity contribution >= 4 is 37.4 Å². The fourth-order valence-corrected chi connectivity index (χ4v) is 4.03. The Morgan fingerprint density at radius 1 is 1.18 bits per heavy atom. The number of aromatic nitrogens is 2. The van der Waals surface area contributed by atoms with Gasteiger partial charge in [0.05, 0.1) is 4.90 Å². The fourth-order valence-electron chi connectivity index (χ4n) is 2.46. The van der Waals surface area contributed by atoms with Crippen LogP contribution in [-0.4, -0.2) is 24.5 Å². The molecule has 1 amide bonds. The number of halogens is 1. The minimum atomic E-state index is -3.56. The first-order valence-electron chi connectivity index (χ1n) is 8.48. The maximum absolute atomic E-state index is 12.4. The van der Waals surface area contributed by atoms with Crippen LogP contribution in [0.3, 0.4) is 0 Å². The molecule has 0 aliphatic heterocycles. The lowest BCUT2D eigenvalue weighted by molar-refractivity contribution is -0.116. The molecule has 7 nitrogen and oxygen atoms in total. The fraction of sp³-hybridized carbons (Fsp3) is 0.211. The third kappa shape index (κ3) is 5.49. The summed E-state index contributed by atoms with van der Waals surface area (Å²) in [7, 11) is -3.56. The summed E-state index contributed by atoms with van der Waals surface area (Å²) in [4.78, 5) is 16.3. The number of hydrogen-bond acceptors (Lipinski definition) is 6. The second kappa shape index (κ2) is 8.66. The molecular weight excluding hydrogens is 446 g/mol. The van der Waals surface area contributed by atoms with Crippen molar-refractivity contribution in [3.63, 3.8) is 0 Å². The van der Waals surface area contributed by atoms with Gasteiger partial charge in [0.25, 0.3) is 0 Å². The van der Waals surface area contributed by atoms with Crippen molar-refractivity contribution in [1.29, 1.82) is 0 Å². The van der Waals surface area contributed by atoms with Crippen LogP contribution < -0.4 is 5.32 Å². The quantitative estimate of drug-likeness (QED) is 0.572. The van der Waals surface area contributed by atoms with Crippen molar-refractivity contribution in [2.75, 3.05) is 5.32 Å². The lowest BCUT2D eigenvalue weighted by Crippen LogP contribution is -2.12. The van der Waals surface area contributed by atoms with Crippen molar-refractivity contribution < 1.29 is 17.7 Å². The Hall–Kier alpha value is -2.52.